The number of nitrogens with zero attached hydrogens (tertiary/aromatic N) is 2. The van der Waals surface area contributed by atoms with Gasteiger partial charge in [-0.15, -0.1) is 0 Å². The third kappa shape index (κ3) is 6.44. The zero-order valence-electron chi connectivity index (χ0n) is 20.4. The maximum atomic E-state index is 12.1. The van der Waals surface area contributed by atoms with E-state index >= 15 is 0 Å². The van der Waals surface area contributed by atoms with Gasteiger partial charge >= 0.3 is 11.9 Å². The van der Waals surface area contributed by atoms with Gasteiger partial charge in [0.25, 0.3) is 0 Å². The number of aromatic carboxylic acids is 1. The van der Waals surface area contributed by atoms with Gasteiger partial charge in [-0.1, -0.05) is 0 Å². The number of piperidine rings is 1. The third-order valence-corrected chi connectivity index (χ3v) is 6.93. The molecular formula is C27H34N2O6. The highest BCUT2D eigenvalue weighted by atomic mass is 16.5. The zero-order chi connectivity index (χ0) is 24.8. The topological polar surface area (TPSA) is 98.2 Å². The number of benzene rings is 1. The van der Waals surface area contributed by atoms with Crippen LogP contribution in [0.2, 0.25) is 0 Å². The SMILES string of the molecule is CCOC(=O)CC(c1ccnc(OCC2CCN(c3cc(OC)ccc3C(=O)O)CC2)c1)C1CC1. The summed E-state index contributed by atoms with van der Waals surface area (Å²) >= 11 is 0. The van der Waals surface area contributed by atoms with E-state index in [1.165, 1.54) is 0 Å². The summed E-state index contributed by atoms with van der Waals surface area (Å²) < 4.78 is 16.5. The second-order valence-electron chi connectivity index (χ2n) is 9.31. The molecule has 0 spiro atoms. The molecule has 1 N–H and O–H groups in total. The van der Waals surface area contributed by atoms with Crippen LogP contribution < -0.4 is 14.4 Å². The van der Waals surface area contributed by atoms with Crippen molar-refractivity contribution in [3.05, 3.63) is 47.7 Å². The van der Waals surface area contributed by atoms with Gasteiger partial charge in [-0.2, -0.15) is 0 Å². The van der Waals surface area contributed by atoms with E-state index in [2.05, 4.69) is 9.88 Å². The zero-order valence-corrected chi connectivity index (χ0v) is 20.4. The molecule has 35 heavy (non-hydrogen) atoms. The van der Waals surface area contributed by atoms with Crippen LogP contribution in [-0.2, 0) is 9.53 Å². The molecule has 2 heterocycles. The maximum Gasteiger partial charge on any atom is 0.337 e. The molecule has 1 saturated carbocycles. The molecule has 8 heteroatoms. The lowest BCUT2D eigenvalue weighted by atomic mass is 9.92. The number of anilines is 1. The molecule has 4 rings (SSSR count). The Bertz CT molecular complexity index is 1030. The van der Waals surface area contributed by atoms with E-state index < -0.39 is 5.97 Å². The monoisotopic (exact) mass is 482 g/mol. The Morgan fingerprint density at radius 2 is 1.91 bits per heavy atom. The van der Waals surface area contributed by atoms with E-state index in [4.69, 9.17) is 14.2 Å². The minimum absolute atomic E-state index is 0.147. The van der Waals surface area contributed by atoms with Gasteiger partial charge in [0.2, 0.25) is 5.88 Å². The third-order valence-electron chi connectivity index (χ3n) is 6.93. The first kappa shape index (κ1) is 24.8. The lowest BCUT2D eigenvalue weighted by Gasteiger charge is -2.34. The number of pyridine rings is 1. The van der Waals surface area contributed by atoms with Crippen LogP contribution in [0.15, 0.2) is 36.5 Å². The molecular weight excluding hydrogens is 448 g/mol. The Kier molecular flexibility index (Phi) is 8.10. The lowest BCUT2D eigenvalue weighted by molar-refractivity contribution is -0.143. The summed E-state index contributed by atoms with van der Waals surface area (Å²) in [5.74, 6) is 1.16. The van der Waals surface area contributed by atoms with Crippen molar-refractivity contribution in [3.63, 3.8) is 0 Å². The van der Waals surface area contributed by atoms with Crippen molar-refractivity contribution in [2.45, 2.75) is 44.9 Å². The predicted molar refractivity (Wildman–Crippen MR) is 131 cm³/mol. The largest absolute Gasteiger partial charge is 0.497 e. The van der Waals surface area contributed by atoms with Gasteiger partial charge < -0.3 is 24.2 Å². The molecule has 1 aromatic heterocycles. The highest BCUT2D eigenvalue weighted by Gasteiger charge is 2.34. The highest BCUT2D eigenvalue weighted by molar-refractivity contribution is 5.95. The van der Waals surface area contributed by atoms with Gasteiger partial charge in [-0.05, 0) is 74.1 Å². The summed E-state index contributed by atoms with van der Waals surface area (Å²) in [5, 5.41) is 9.58. The first-order valence-electron chi connectivity index (χ1n) is 12.4. The number of carbonyl (C=O) groups excluding carboxylic acids is 1. The average Bonchev–Trinajstić information content (AvgIpc) is 3.71. The minimum atomic E-state index is -0.938. The molecule has 1 aliphatic carbocycles. The number of esters is 1. The number of hydrogen-bond donors (Lipinski definition) is 1. The van der Waals surface area contributed by atoms with Crippen LogP contribution in [0.3, 0.4) is 0 Å². The number of hydrogen-bond acceptors (Lipinski definition) is 7. The van der Waals surface area contributed by atoms with Gasteiger partial charge in [0.15, 0.2) is 0 Å². The summed E-state index contributed by atoms with van der Waals surface area (Å²) in [6, 6.07) is 9.01. The van der Waals surface area contributed by atoms with Gasteiger partial charge in [-0.25, -0.2) is 9.78 Å². The minimum Gasteiger partial charge on any atom is -0.497 e. The summed E-state index contributed by atoms with van der Waals surface area (Å²) in [4.78, 5) is 30.3. The van der Waals surface area contributed by atoms with Crippen molar-refractivity contribution in [2.75, 3.05) is 38.3 Å². The van der Waals surface area contributed by atoms with Crippen LogP contribution in [0.5, 0.6) is 11.6 Å². The molecule has 0 amide bonds. The molecule has 2 aromatic rings. The normalized spacial score (nSPS) is 17.0. The maximum absolute atomic E-state index is 12.1. The standard InChI is InChI=1S/C27H34N2O6/c1-3-34-26(30)16-23(19-4-5-19)20-8-11-28-25(14-20)35-17-18-9-12-29(13-10-18)24-15-21(33-2)6-7-22(24)27(31)32/h6-8,11,14-15,18-19,23H,3-5,9-10,12-13,16-17H2,1-2H3,(H,31,32). The number of rotatable bonds is 11. The fourth-order valence-electron chi connectivity index (χ4n) is 4.81. The van der Waals surface area contributed by atoms with Crippen LogP contribution in [-0.4, -0.2) is 55.4 Å². The number of methoxy groups -OCH3 is 1. The van der Waals surface area contributed by atoms with Gasteiger partial charge in [0.1, 0.15) is 5.75 Å². The lowest BCUT2D eigenvalue weighted by Crippen LogP contribution is -2.36. The van der Waals surface area contributed by atoms with Gasteiger partial charge in [0, 0.05) is 31.4 Å². The Morgan fingerprint density at radius 1 is 1.14 bits per heavy atom. The molecule has 1 atom stereocenters. The van der Waals surface area contributed by atoms with E-state index in [9.17, 15) is 14.7 Å². The van der Waals surface area contributed by atoms with Crippen molar-refractivity contribution >= 4 is 17.6 Å². The Morgan fingerprint density at radius 3 is 2.57 bits per heavy atom. The first-order valence-corrected chi connectivity index (χ1v) is 12.4. The second-order valence-corrected chi connectivity index (χ2v) is 9.31. The molecule has 1 saturated heterocycles. The van der Waals surface area contributed by atoms with Gasteiger partial charge in [0.05, 0.1) is 38.0 Å². The number of aromatic nitrogens is 1. The van der Waals surface area contributed by atoms with Crippen molar-refractivity contribution in [1.82, 2.24) is 4.98 Å². The summed E-state index contributed by atoms with van der Waals surface area (Å²) in [5.41, 5.74) is 2.06. The fraction of sp³-hybridized carbons (Fsp3) is 0.519. The van der Waals surface area contributed by atoms with E-state index in [-0.39, 0.29) is 17.5 Å². The van der Waals surface area contributed by atoms with Crippen molar-refractivity contribution in [2.24, 2.45) is 11.8 Å². The molecule has 188 valence electrons. The van der Waals surface area contributed by atoms with E-state index in [1.807, 2.05) is 19.1 Å². The smallest absolute Gasteiger partial charge is 0.337 e. The summed E-state index contributed by atoms with van der Waals surface area (Å²) in [7, 11) is 1.58. The molecule has 2 aliphatic rings. The van der Waals surface area contributed by atoms with Crippen molar-refractivity contribution < 1.29 is 28.9 Å². The van der Waals surface area contributed by atoms with Crippen LogP contribution in [0.1, 0.15) is 60.9 Å². The van der Waals surface area contributed by atoms with E-state index in [1.54, 1.807) is 31.5 Å². The van der Waals surface area contributed by atoms with Crippen molar-refractivity contribution in [3.8, 4) is 11.6 Å². The summed E-state index contributed by atoms with van der Waals surface area (Å²) in [6.07, 6.45) is 6.20. The van der Waals surface area contributed by atoms with Crippen LogP contribution in [0.4, 0.5) is 5.69 Å². The summed E-state index contributed by atoms with van der Waals surface area (Å²) in [6.45, 7) is 4.28. The number of carbonyl (C=O) groups is 2. The molecule has 0 radical (unpaired) electrons. The van der Waals surface area contributed by atoms with E-state index in [0.717, 1.165) is 44.3 Å². The van der Waals surface area contributed by atoms with Crippen LogP contribution >= 0.6 is 0 Å². The predicted octanol–water partition coefficient (Wildman–Crippen LogP) is 4.53. The Labute approximate surface area is 206 Å². The number of ether oxygens (including phenoxy) is 3. The van der Waals surface area contributed by atoms with Crippen LogP contribution in [0.25, 0.3) is 0 Å². The van der Waals surface area contributed by atoms with Crippen LogP contribution in [0, 0.1) is 11.8 Å². The number of carboxylic acids is 1. The Hall–Kier alpha value is -3.29. The second kappa shape index (κ2) is 11.4. The molecule has 8 nitrogen and oxygen atoms in total. The molecule has 1 unspecified atom stereocenters. The van der Waals surface area contributed by atoms with Gasteiger partial charge in [-0.3, -0.25) is 4.79 Å². The highest BCUT2D eigenvalue weighted by Crippen LogP contribution is 2.45. The first-order chi connectivity index (χ1) is 17.0. The molecule has 0 bridgehead atoms. The average molecular weight is 483 g/mol. The Balaban J connectivity index is 1.33. The van der Waals surface area contributed by atoms with Crippen molar-refractivity contribution in [1.29, 1.82) is 0 Å². The molecule has 1 aromatic carbocycles. The van der Waals surface area contributed by atoms with E-state index in [0.29, 0.717) is 48.8 Å². The fourth-order valence-corrected chi connectivity index (χ4v) is 4.81. The molecule has 2 fully saturated rings. The quantitative estimate of drug-likeness (QED) is 0.467. The molecule has 1 aliphatic heterocycles. The number of carboxylic acid groups (broad SMARTS) is 1.